The third-order valence-corrected chi connectivity index (χ3v) is 9.88. The van der Waals surface area contributed by atoms with Crippen LogP contribution in [0.4, 0.5) is 21.5 Å². The van der Waals surface area contributed by atoms with Crippen LogP contribution in [0.15, 0.2) is 87.9 Å². The molecule has 0 aromatic heterocycles. The van der Waals surface area contributed by atoms with Crippen molar-refractivity contribution in [3.05, 3.63) is 78.4 Å². The molecule has 0 bridgehead atoms. The Morgan fingerprint density at radius 1 is 0.843 bits per heavy atom. The van der Waals surface area contributed by atoms with Gasteiger partial charge in [-0.3, -0.25) is 19.4 Å². The SMILES string of the molecule is CN(C)c1ccc(N=Nc2ccc(S(=O)(=O)CCCOCCC(=O)NCCCCCCCC(=O)C(F)c3ccccc3OP(=O)(O)O)cc2)cc1. The second-order valence-corrected chi connectivity index (χ2v) is 15.2. The molecule has 13 nitrogen and oxygen atoms in total. The number of sulfone groups is 1. The first kappa shape index (κ1) is 41.4. The van der Waals surface area contributed by atoms with Crippen LogP contribution in [0, 0.1) is 0 Å². The Morgan fingerprint density at radius 3 is 2.10 bits per heavy atom. The zero-order chi connectivity index (χ0) is 37.3. The van der Waals surface area contributed by atoms with Crippen LogP contribution in [0.5, 0.6) is 5.75 Å². The van der Waals surface area contributed by atoms with Crippen LogP contribution in [-0.4, -0.2) is 69.5 Å². The molecule has 278 valence electrons. The fourth-order valence-corrected chi connectivity index (χ4v) is 6.57. The molecule has 0 radical (unpaired) electrons. The summed E-state index contributed by atoms with van der Waals surface area (Å²) in [5, 5.41) is 11.2. The number of rotatable bonds is 23. The lowest BCUT2D eigenvalue weighted by Crippen LogP contribution is -2.25. The van der Waals surface area contributed by atoms with Crippen molar-refractivity contribution < 1.29 is 46.0 Å². The van der Waals surface area contributed by atoms with Gasteiger partial charge in [0.05, 0.1) is 28.6 Å². The van der Waals surface area contributed by atoms with Gasteiger partial charge >= 0.3 is 7.82 Å². The summed E-state index contributed by atoms with van der Waals surface area (Å²) in [6, 6.07) is 19.1. The van der Waals surface area contributed by atoms with Gasteiger partial charge in [0.15, 0.2) is 21.8 Å². The van der Waals surface area contributed by atoms with Crippen molar-refractivity contribution in [2.75, 3.05) is 44.5 Å². The van der Waals surface area contributed by atoms with Crippen molar-refractivity contribution >= 4 is 46.4 Å². The van der Waals surface area contributed by atoms with Gasteiger partial charge in [0.2, 0.25) is 5.91 Å². The van der Waals surface area contributed by atoms with Gasteiger partial charge in [0.1, 0.15) is 5.75 Å². The molecular formula is C35H46FN4O9PS. The second kappa shape index (κ2) is 20.7. The molecule has 16 heteroatoms. The van der Waals surface area contributed by atoms with E-state index in [0.717, 1.165) is 24.9 Å². The van der Waals surface area contributed by atoms with Gasteiger partial charge in [-0.2, -0.15) is 10.2 Å². The monoisotopic (exact) mass is 748 g/mol. The number of carbonyl (C=O) groups excluding carboxylic acids is 2. The molecule has 0 spiro atoms. The Hall–Kier alpha value is -4.01. The number of phosphoric acid groups is 1. The number of halogens is 1. The van der Waals surface area contributed by atoms with Crippen molar-refractivity contribution in [1.82, 2.24) is 5.32 Å². The molecular weight excluding hydrogens is 702 g/mol. The average molecular weight is 749 g/mol. The van der Waals surface area contributed by atoms with Gasteiger partial charge in [-0.15, -0.1) is 0 Å². The third-order valence-electron chi connectivity index (χ3n) is 7.63. The maximum absolute atomic E-state index is 14.7. The van der Waals surface area contributed by atoms with E-state index < -0.39 is 29.6 Å². The van der Waals surface area contributed by atoms with E-state index >= 15 is 0 Å². The summed E-state index contributed by atoms with van der Waals surface area (Å²) in [4.78, 5) is 44.5. The number of hydrogen-bond donors (Lipinski definition) is 3. The maximum atomic E-state index is 14.7. The largest absolute Gasteiger partial charge is 0.524 e. The van der Waals surface area contributed by atoms with E-state index in [1.165, 1.54) is 36.4 Å². The quantitative estimate of drug-likeness (QED) is 0.0521. The minimum absolute atomic E-state index is 0.0251. The molecule has 0 aliphatic rings. The Kier molecular flexibility index (Phi) is 16.8. The van der Waals surface area contributed by atoms with Crippen molar-refractivity contribution in [3.63, 3.8) is 0 Å². The van der Waals surface area contributed by atoms with Gasteiger partial charge in [0.25, 0.3) is 0 Å². The molecule has 0 aliphatic heterocycles. The van der Waals surface area contributed by atoms with E-state index in [1.807, 2.05) is 43.3 Å². The van der Waals surface area contributed by atoms with Gasteiger partial charge < -0.3 is 19.5 Å². The van der Waals surface area contributed by atoms with Gasteiger partial charge in [-0.1, -0.05) is 37.5 Å². The molecule has 0 aliphatic carbocycles. The molecule has 0 saturated carbocycles. The number of carbonyl (C=O) groups is 2. The van der Waals surface area contributed by atoms with E-state index in [2.05, 4.69) is 20.1 Å². The van der Waals surface area contributed by atoms with Crippen LogP contribution in [0.2, 0.25) is 0 Å². The topological polar surface area (TPSA) is 184 Å². The first-order valence-electron chi connectivity index (χ1n) is 16.6. The summed E-state index contributed by atoms with van der Waals surface area (Å²) in [5.74, 6) is -1.33. The molecule has 3 N–H and O–H groups in total. The number of nitrogens with zero attached hydrogens (tertiary/aromatic N) is 3. The Bertz CT molecular complexity index is 1730. The van der Waals surface area contributed by atoms with E-state index in [-0.39, 0.29) is 60.3 Å². The number of nitrogens with one attached hydrogen (secondary N) is 1. The van der Waals surface area contributed by atoms with E-state index in [9.17, 15) is 27.0 Å². The van der Waals surface area contributed by atoms with Crippen molar-refractivity contribution in [1.29, 1.82) is 0 Å². The minimum Gasteiger partial charge on any atom is -0.404 e. The number of Topliss-reactive ketones (excluding diaryl/α,β-unsaturated/α-hetero) is 1. The average Bonchev–Trinajstić information content (AvgIpc) is 3.09. The highest BCUT2D eigenvalue weighted by Gasteiger charge is 2.26. The predicted molar refractivity (Wildman–Crippen MR) is 192 cm³/mol. The molecule has 1 unspecified atom stereocenters. The van der Waals surface area contributed by atoms with Crippen LogP contribution >= 0.6 is 7.82 Å². The number of amides is 1. The number of anilines is 1. The third kappa shape index (κ3) is 15.4. The molecule has 1 amide bonds. The summed E-state index contributed by atoms with van der Waals surface area (Å²) < 4.78 is 61.2. The van der Waals surface area contributed by atoms with Crippen LogP contribution < -0.4 is 14.7 Å². The van der Waals surface area contributed by atoms with Crippen LogP contribution in [0.25, 0.3) is 0 Å². The molecule has 0 fully saturated rings. The zero-order valence-electron chi connectivity index (χ0n) is 28.8. The van der Waals surface area contributed by atoms with Crippen molar-refractivity contribution in [2.24, 2.45) is 10.2 Å². The standard InChI is InChI=1S/C35H46FN4O9PS/c1-40(2)29-18-14-27(15-19-29)38-39-28-16-20-30(21-17-28)51(46,47)26-10-24-48-25-22-34(42)37-23-9-5-3-4-6-12-32(41)35(36)31-11-7-8-13-33(31)49-50(43,44)45/h7-8,11,13-21,35H,3-6,9-10,12,22-26H2,1-2H3,(H,37,42)(H2,43,44,45). The van der Waals surface area contributed by atoms with Crippen molar-refractivity contribution in [3.8, 4) is 5.75 Å². The predicted octanol–water partition coefficient (Wildman–Crippen LogP) is 6.95. The first-order chi connectivity index (χ1) is 24.2. The molecule has 3 aromatic rings. The van der Waals surface area contributed by atoms with E-state index in [4.69, 9.17) is 14.5 Å². The van der Waals surface area contributed by atoms with Gasteiger partial charge in [-0.05, 0) is 73.9 Å². The number of para-hydroxylation sites is 1. The molecule has 51 heavy (non-hydrogen) atoms. The van der Waals surface area contributed by atoms with E-state index in [1.54, 1.807) is 12.1 Å². The van der Waals surface area contributed by atoms with Crippen molar-refractivity contribution in [2.45, 2.75) is 62.4 Å². The minimum atomic E-state index is -4.90. The van der Waals surface area contributed by atoms with Crippen LogP contribution in [0.3, 0.4) is 0 Å². The number of unbranched alkanes of at least 4 members (excludes halogenated alkanes) is 4. The maximum Gasteiger partial charge on any atom is 0.524 e. The number of phosphoric ester groups is 1. The molecule has 3 rings (SSSR count). The van der Waals surface area contributed by atoms with E-state index in [0.29, 0.717) is 30.8 Å². The number of ether oxygens (including phenoxy) is 1. The Labute approximate surface area is 298 Å². The number of benzene rings is 3. The van der Waals surface area contributed by atoms with Gasteiger partial charge in [-0.25, -0.2) is 17.4 Å². The summed E-state index contributed by atoms with van der Waals surface area (Å²) in [5.41, 5.74) is 2.04. The molecule has 1 atom stereocenters. The summed E-state index contributed by atoms with van der Waals surface area (Å²) in [6.07, 6.45) is 1.81. The molecule has 0 saturated heterocycles. The Morgan fingerprint density at radius 2 is 1.45 bits per heavy atom. The number of azo groups is 1. The Balaban J connectivity index is 1.21. The normalized spacial score (nSPS) is 12.5. The zero-order valence-corrected chi connectivity index (χ0v) is 30.5. The molecule has 3 aromatic carbocycles. The fourth-order valence-electron chi connectivity index (χ4n) is 4.86. The lowest BCUT2D eigenvalue weighted by molar-refractivity contribution is -0.124. The highest BCUT2D eigenvalue weighted by atomic mass is 32.2. The molecule has 0 heterocycles. The summed E-state index contributed by atoms with van der Waals surface area (Å²) in [7, 11) is -4.51. The highest BCUT2D eigenvalue weighted by Crippen LogP contribution is 2.41. The van der Waals surface area contributed by atoms with Crippen LogP contribution in [-0.2, 0) is 28.7 Å². The number of ketones is 1. The highest BCUT2D eigenvalue weighted by molar-refractivity contribution is 7.91. The van der Waals surface area contributed by atoms with Crippen LogP contribution in [0.1, 0.15) is 63.1 Å². The lowest BCUT2D eigenvalue weighted by Gasteiger charge is -2.14. The second-order valence-electron chi connectivity index (χ2n) is 12.0. The lowest BCUT2D eigenvalue weighted by atomic mass is 10.0. The smallest absolute Gasteiger partial charge is 0.404 e. The number of hydrogen-bond acceptors (Lipinski definition) is 10. The van der Waals surface area contributed by atoms with Gasteiger partial charge in [0, 0.05) is 51.3 Å². The fraction of sp³-hybridized carbons (Fsp3) is 0.429. The summed E-state index contributed by atoms with van der Waals surface area (Å²) >= 11 is 0. The number of alkyl halides is 1. The first-order valence-corrected chi connectivity index (χ1v) is 19.8. The summed E-state index contributed by atoms with van der Waals surface area (Å²) in [6.45, 7) is 0.844.